The molecule has 0 saturated heterocycles. The lowest BCUT2D eigenvalue weighted by atomic mass is 9.83. The quantitative estimate of drug-likeness (QED) is 0.472. The third-order valence-electron chi connectivity index (χ3n) is 4.33. The van der Waals surface area contributed by atoms with E-state index >= 15 is 0 Å². The molecule has 3 rings (SSSR count). The number of aliphatic hydroxyl groups is 1. The molecule has 1 saturated carbocycles. The van der Waals surface area contributed by atoms with Gasteiger partial charge in [0, 0.05) is 12.1 Å². The summed E-state index contributed by atoms with van der Waals surface area (Å²) in [5.41, 5.74) is 8.07. The molecule has 0 heterocycles. The first-order valence-corrected chi connectivity index (χ1v) is 6.71. The number of aromatic hydroxyl groups is 1. The van der Waals surface area contributed by atoms with Crippen molar-refractivity contribution in [2.45, 2.75) is 50.3 Å². The van der Waals surface area contributed by atoms with Crippen LogP contribution in [0.15, 0.2) is 12.1 Å². The number of phenolic OH excluding ortho intramolecular Hbond substituents is 1. The number of aliphatic hydroxyl groups excluding tert-OH is 1. The van der Waals surface area contributed by atoms with Crippen molar-refractivity contribution in [3.63, 3.8) is 0 Å². The van der Waals surface area contributed by atoms with Gasteiger partial charge in [0.1, 0.15) is 5.75 Å². The minimum absolute atomic E-state index is 0.117. The minimum Gasteiger partial charge on any atom is -0.506 e. The Balaban J connectivity index is 1.82. The molecule has 4 heteroatoms. The van der Waals surface area contributed by atoms with Gasteiger partial charge in [-0.15, -0.1) is 0 Å². The van der Waals surface area contributed by atoms with E-state index in [0.29, 0.717) is 11.7 Å². The van der Waals surface area contributed by atoms with Crippen molar-refractivity contribution in [3.8, 4) is 5.75 Å². The van der Waals surface area contributed by atoms with Crippen LogP contribution in [0.5, 0.6) is 5.75 Å². The van der Waals surface area contributed by atoms with Gasteiger partial charge in [-0.05, 0) is 42.9 Å². The van der Waals surface area contributed by atoms with Crippen LogP contribution in [0.1, 0.15) is 42.9 Å². The molecule has 0 aliphatic heterocycles. The highest BCUT2D eigenvalue weighted by Gasteiger charge is 2.32. The first-order valence-electron chi connectivity index (χ1n) is 6.71. The maximum absolute atomic E-state index is 10.4. The third kappa shape index (κ3) is 1.85. The molecule has 2 atom stereocenters. The molecule has 0 bridgehead atoms. The van der Waals surface area contributed by atoms with Crippen molar-refractivity contribution in [2.75, 3.05) is 5.73 Å². The summed E-state index contributed by atoms with van der Waals surface area (Å²) in [7, 11) is 0. The fourth-order valence-electron chi connectivity index (χ4n) is 2.95. The molecule has 0 radical (unpaired) electrons. The standard InChI is InChI=1S/C14H20N2O2/c15-13-9-4-6-11(16-8-2-1-3-8)14(18)10(9)5-7-12(13)17/h5,7-8,11,14,16-18H,1-4,6,15H2/t11-,14-/m1/s1. The van der Waals surface area contributed by atoms with E-state index in [1.54, 1.807) is 12.1 Å². The molecule has 1 aromatic rings. The highest BCUT2D eigenvalue weighted by Crippen LogP contribution is 2.38. The second-order valence-electron chi connectivity index (χ2n) is 5.45. The number of anilines is 1. The number of phenols is 1. The molecule has 0 aromatic heterocycles. The van der Waals surface area contributed by atoms with Gasteiger partial charge in [0.25, 0.3) is 0 Å². The zero-order valence-corrected chi connectivity index (χ0v) is 10.4. The number of benzene rings is 1. The molecular weight excluding hydrogens is 228 g/mol. The summed E-state index contributed by atoms with van der Waals surface area (Å²) >= 11 is 0. The Morgan fingerprint density at radius 3 is 2.67 bits per heavy atom. The van der Waals surface area contributed by atoms with Gasteiger partial charge in [-0.3, -0.25) is 0 Å². The highest BCUT2D eigenvalue weighted by atomic mass is 16.3. The van der Waals surface area contributed by atoms with Crippen molar-refractivity contribution < 1.29 is 10.2 Å². The molecular formula is C14H20N2O2. The third-order valence-corrected chi connectivity index (χ3v) is 4.33. The Hall–Kier alpha value is -1.26. The number of fused-ring (bicyclic) bond motifs is 1. The first kappa shape index (κ1) is 11.8. The summed E-state index contributed by atoms with van der Waals surface area (Å²) in [6, 6.07) is 4.05. The van der Waals surface area contributed by atoms with E-state index in [0.717, 1.165) is 24.0 Å². The molecule has 0 unspecified atom stereocenters. The molecule has 0 spiro atoms. The van der Waals surface area contributed by atoms with Crippen molar-refractivity contribution in [3.05, 3.63) is 23.3 Å². The zero-order chi connectivity index (χ0) is 12.7. The van der Waals surface area contributed by atoms with Crippen LogP contribution in [-0.2, 0) is 6.42 Å². The van der Waals surface area contributed by atoms with Crippen LogP contribution in [0.3, 0.4) is 0 Å². The molecule has 18 heavy (non-hydrogen) atoms. The number of rotatable bonds is 2. The van der Waals surface area contributed by atoms with Crippen LogP contribution in [0.25, 0.3) is 0 Å². The first-order chi connectivity index (χ1) is 8.66. The lowest BCUT2D eigenvalue weighted by molar-refractivity contribution is 0.0993. The van der Waals surface area contributed by atoms with E-state index in [9.17, 15) is 10.2 Å². The Morgan fingerprint density at radius 1 is 1.22 bits per heavy atom. The highest BCUT2D eigenvalue weighted by molar-refractivity contribution is 5.62. The molecule has 1 aromatic carbocycles. The maximum atomic E-state index is 10.4. The Labute approximate surface area is 107 Å². The normalized spacial score (nSPS) is 27.6. The summed E-state index contributed by atoms with van der Waals surface area (Å²) < 4.78 is 0. The number of nitrogens with two attached hydrogens (primary N) is 1. The Kier molecular flexibility index (Phi) is 2.92. The van der Waals surface area contributed by atoms with Crippen LogP contribution in [0, 0.1) is 0 Å². The fraction of sp³-hybridized carbons (Fsp3) is 0.571. The van der Waals surface area contributed by atoms with Gasteiger partial charge in [0.05, 0.1) is 11.8 Å². The maximum Gasteiger partial charge on any atom is 0.138 e. The average Bonchev–Trinajstić information content (AvgIpc) is 2.31. The van der Waals surface area contributed by atoms with Crippen LogP contribution in [0.2, 0.25) is 0 Å². The largest absolute Gasteiger partial charge is 0.506 e. The number of nitrogens with one attached hydrogen (secondary N) is 1. The van der Waals surface area contributed by atoms with Gasteiger partial charge in [-0.25, -0.2) is 0 Å². The van der Waals surface area contributed by atoms with Crippen LogP contribution in [-0.4, -0.2) is 22.3 Å². The van der Waals surface area contributed by atoms with Crippen LogP contribution in [0.4, 0.5) is 5.69 Å². The second-order valence-corrected chi connectivity index (χ2v) is 5.45. The minimum atomic E-state index is -0.516. The molecule has 98 valence electrons. The van der Waals surface area contributed by atoms with E-state index < -0.39 is 6.10 Å². The molecule has 4 nitrogen and oxygen atoms in total. The van der Waals surface area contributed by atoms with Gasteiger partial charge in [-0.2, -0.15) is 0 Å². The SMILES string of the molecule is Nc1c(O)ccc2c1CC[C@@H](NC1CCC1)[C@@H]2O. The predicted octanol–water partition coefficient (Wildman–Crippen LogP) is 1.46. The van der Waals surface area contributed by atoms with Gasteiger partial charge < -0.3 is 21.3 Å². The molecule has 2 aliphatic rings. The summed E-state index contributed by atoms with van der Waals surface area (Å²) in [6.45, 7) is 0. The summed E-state index contributed by atoms with van der Waals surface area (Å²) in [6.07, 6.45) is 4.90. The van der Waals surface area contributed by atoms with Crippen molar-refractivity contribution >= 4 is 5.69 Å². The summed E-state index contributed by atoms with van der Waals surface area (Å²) in [5, 5.41) is 23.5. The fourth-order valence-corrected chi connectivity index (χ4v) is 2.95. The smallest absolute Gasteiger partial charge is 0.138 e. The monoisotopic (exact) mass is 248 g/mol. The number of nitrogen functional groups attached to an aromatic ring is 1. The summed E-state index contributed by atoms with van der Waals surface area (Å²) in [4.78, 5) is 0. The van der Waals surface area contributed by atoms with Crippen molar-refractivity contribution in [2.24, 2.45) is 0 Å². The lowest BCUT2D eigenvalue weighted by Crippen LogP contribution is -2.47. The molecule has 5 N–H and O–H groups in total. The summed E-state index contributed by atoms with van der Waals surface area (Å²) in [5.74, 6) is 0.117. The van der Waals surface area contributed by atoms with Gasteiger partial charge in [0.15, 0.2) is 0 Å². The van der Waals surface area contributed by atoms with E-state index in [1.165, 1.54) is 19.3 Å². The molecule has 0 amide bonds. The van der Waals surface area contributed by atoms with Gasteiger partial charge in [0.2, 0.25) is 0 Å². The van der Waals surface area contributed by atoms with E-state index in [1.807, 2.05) is 0 Å². The number of hydrogen-bond acceptors (Lipinski definition) is 4. The number of hydrogen-bond donors (Lipinski definition) is 4. The molecule has 1 fully saturated rings. The van der Waals surface area contributed by atoms with Crippen LogP contribution < -0.4 is 11.1 Å². The van der Waals surface area contributed by atoms with Crippen molar-refractivity contribution in [1.29, 1.82) is 0 Å². The van der Waals surface area contributed by atoms with Crippen LogP contribution >= 0.6 is 0 Å². The Bertz CT molecular complexity index is 457. The van der Waals surface area contributed by atoms with E-state index in [2.05, 4.69) is 5.32 Å². The van der Waals surface area contributed by atoms with Crippen molar-refractivity contribution in [1.82, 2.24) is 5.32 Å². The lowest BCUT2D eigenvalue weighted by Gasteiger charge is -2.37. The average molecular weight is 248 g/mol. The predicted molar refractivity (Wildman–Crippen MR) is 70.4 cm³/mol. The second kappa shape index (κ2) is 4.44. The molecule has 2 aliphatic carbocycles. The zero-order valence-electron chi connectivity index (χ0n) is 10.4. The van der Waals surface area contributed by atoms with E-state index in [-0.39, 0.29) is 11.8 Å². The topological polar surface area (TPSA) is 78.5 Å². The van der Waals surface area contributed by atoms with E-state index in [4.69, 9.17) is 5.73 Å². The van der Waals surface area contributed by atoms with Gasteiger partial charge in [-0.1, -0.05) is 12.5 Å². The van der Waals surface area contributed by atoms with Gasteiger partial charge >= 0.3 is 0 Å². The Morgan fingerprint density at radius 2 is 2.00 bits per heavy atom.